The van der Waals surface area contributed by atoms with E-state index in [0.29, 0.717) is 0 Å². The fourth-order valence-corrected chi connectivity index (χ4v) is 2.76. The molecule has 0 aliphatic heterocycles. The van der Waals surface area contributed by atoms with Crippen LogP contribution in [0.4, 0.5) is 0 Å². The molecule has 0 amide bonds. The van der Waals surface area contributed by atoms with Crippen molar-refractivity contribution < 1.29 is 8.42 Å². The summed E-state index contributed by atoms with van der Waals surface area (Å²) < 4.78 is 26.8. The van der Waals surface area contributed by atoms with Gasteiger partial charge in [0.15, 0.2) is 0 Å². The second-order valence-corrected chi connectivity index (χ2v) is 6.11. The molecule has 0 radical (unpaired) electrons. The maximum absolute atomic E-state index is 12.1. The zero-order chi connectivity index (χ0) is 15.1. The standard InChI is InChI=1S/C14H14N4O2S/c15-18-16-10-13-6-8-14(9-7-13)21(19,20)17-11-12-4-2-1-3-5-12/h1-9,17H,10-11H2. The fraction of sp³-hybridized carbons (Fsp3) is 0.143. The molecule has 0 heterocycles. The number of nitrogens with one attached hydrogen (secondary N) is 1. The molecule has 0 aromatic heterocycles. The van der Waals surface area contributed by atoms with Crippen LogP contribution >= 0.6 is 0 Å². The van der Waals surface area contributed by atoms with Gasteiger partial charge in [0, 0.05) is 11.5 Å². The Morgan fingerprint density at radius 3 is 2.29 bits per heavy atom. The topological polar surface area (TPSA) is 94.9 Å². The van der Waals surface area contributed by atoms with E-state index >= 15 is 0 Å². The molecule has 0 saturated carbocycles. The lowest BCUT2D eigenvalue weighted by Gasteiger charge is -2.07. The molecule has 0 atom stereocenters. The smallest absolute Gasteiger partial charge is 0.207 e. The Hall–Kier alpha value is -2.34. The number of hydrogen-bond donors (Lipinski definition) is 1. The highest BCUT2D eigenvalue weighted by Crippen LogP contribution is 2.12. The van der Waals surface area contributed by atoms with Crippen molar-refractivity contribution in [3.05, 3.63) is 76.2 Å². The average Bonchev–Trinajstić information content (AvgIpc) is 2.52. The summed E-state index contributed by atoms with van der Waals surface area (Å²) in [7, 11) is -3.55. The summed E-state index contributed by atoms with van der Waals surface area (Å²) in [6.07, 6.45) is 0. The highest BCUT2D eigenvalue weighted by molar-refractivity contribution is 7.89. The third kappa shape index (κ3) is 4.32. The van der Waals surface area contributed by atoms with Crippen molar-refractivity contribution in [2.45, 2.75) is 18.0 Å². The van der Waals surface area contributed by atoms with Crippen LogP contribution in [0.2, 0.25) is 0 Å². The molecule has 1 N–H and O–H groups in total. The second-order valence-electron chi connectivity index (χ2n) is 4.34. The van der Waals surface area contributed by atoms with Crippen molar-refractivity contribution in [1.29, 1.82) is 0 Å². The van der Waals surface area contributed by atoms with Gasteiger partial charge in [0.2, 0.25) is 10.0 Å². The van der Waals surface area contributed by atoms with Crippen LogP contribution < -0.4 is 4.72 Å². The summed E-state index contributed by atoms with van der Waals surface area (Å²) in [5.41, 5.74) is 9.89. The van der Waals surface area contributed by atoms with Crippen molar-refractivity contribution in [2.24, 2.45) is 5.11 Å². The lowest BCUT2D eigenvalue weighted by Crippen LogP contribution is -2.23. The molecule has 7 heteroatoms. The van der Waals surface area contributed by atoms with E-state index in [4.69, 9.17) is 5.53 Å². The van der Waals surface area contributed by atoms with E-state index in [1.165, 1.54) is 12.1 Å². The quantitative estimate of drug-likeness (QED) is 0.504. The Morgan fingerprint density at radius 2 is 1.67 bits per heavy atom. The Bertz CT molecular complexity index is 736. The lowest BCUT2D eigenvalue weighted by molar-refractivity contribution is 0.581. The molecule has 0 saturated heterocycles. The molecule has 0 spiro atoms. The zero-order valence-electron chi connectivity index (χ0n) is 11.2. The fourth-order valence-electron chi connectivity index (χ4n) is 1.74. The van der Waals surface area contributed by atoms with Crippen LogP contribution in [0.25, 0.3) is 10.4 Å². The molecule has 0 fully saturated rings. The summed E-state index contributed by atoms with van der Waals surface area (Å²) in [6, 6.07) is 15.5. The van der Waals surface area contributed by atoms with Gasteiger partial charge in [-0.1, -0.05) is 47.6 Å². The minimum atomic E-state index is -3.55. The Morgan fingerprint density at radius 1 is 1.00 bits per heavy atom. The third-order valence-electron chi connectivity index (χ3n) is 2.86. The molecule has 2 aromatic rings. The summed E-state index contributed by atoms with van der Waals surface area (Å²) in [4.78, 5) is 2.84. The molecule has 0 unspecified atom stereocenters. The first-order valence-corrected chi connectivity index (χ1v) is 7.73. The molecule has 0 bridgehead atoms. The first-order chi connectivity index (χ1) is 10.1. The lowest BCUT2D eigenvalue weighted by atomic mass is 10.2. The maximum atomic E-state index is 12.1. The van der Waals surface area contributed by atoms with Crippen LogP contribution in [0.1, 0.15) is 11.1 Å². The summed E-state index contributed by atoms with van der Waals surface area (Å²) >= 11 is 0. The first-order valence-electron chi connectivity index (χ1n) is 6.25. The van der Waals surface area contributed by atoms with Crippen LogP contribution in [-0.2, 0) is 23.1 Å². The van der Waals surface area contributed by atoms with Crippen molar-refractivity contribution in [3.8, 4) is 0 Å². The molecule has 21 heavy (non-hydrogen) atoms. The van der Waals surface area contributed by atoms with E-state index < -0.39 is 10.0 Å². The van der Waals surface area contributed by atoms with Gasteiger partial charge in [0.1, 0.15) is 0 Å². The molecular formula is C14H14N4O2S. The molecule has 6 nitrogen and oxygen atoms in total. The van der Waals surface area contributed by atoms with Crippen molar-refractivity contribution in [3.63, 3.8) is 0 Å². The van der Waals surface area contributed by atoms with E-state index in [-0.39, 0.29) is 18.0 Å². The van der Waals surface area contributed by atoms with E-state index in [1.54, 1.807) is 12.1 Å². The number of rotatable bonds is 6. The number of hydrogen-bond acceptors (Lipinski definition) is 3. The Kier molecular flexibility index (Phi) is 4.94. The molecular weight excluding hydrogens is 288 g/mol. The van der Waals surface area contributed by atoms with Gasteiger partial charge in [0.05, 0.1) is 11.4 Å². The maximum Gasteiger partial charge on any atom is 0.240 e. The number of sulfonamides is 1. The van der Waals surface area contributed by atoms with Crippen LogP contribution in [-0.4, -0.2) is 8.42 Å². The van der Waals surface area contributed by atoms with Crippen molar-refractivity contribution in [2.75, 3.05) is 0 Å². The SMILES string of the molecule is [N-]=[N+]=NCc1ccc(S(=O)(=O)NCc2ccccc2)cc1. The van der Waals surface area contributed by atoms with Gasteiger partial charge >= 0.3 is 0 Å². The minimum absolute atomic E-state index is 0.183. The van der Waals surface area contributed by atoms with Gasteiger partial charge in [-0.3, -0.25) is 0 Å². The molecule has 108 valence electrons. The van der Waals surface area contributed by atoms with Crippen LogP contribution in [0.15, 0.2) is 64.6 Å². The highest BCUT2D eigenvalue weighted by Gasteiger charge is 2.13. The highest BCUT2D eigenvalue weighted by atomic mass is 32.2. The normalized spacial score (nSPS) is 10.9. The predicted octanol–water partition coefficient (Wildman–Crippen LogP) is 2.98. The van der Waals surface area contributed by atoms with Gasteiger partial charge in [-0.2, -0.15) is 0 Å². The molecule has 2 aromatic carbocycles. The number of azide groups is 1. The molecule has 0 aliphatic rings. The van der Waals surface area contributed by atoms with Crippen LogP contribution in [0.3, 0.4) is 0 Å². The number of benzene rings is 2. The first kappa shape index (κ1) is 15.1. The van der Waals surface area contributed by atoms with Gasteiger partial charge < -0.3 is 0 Å². The van der Waals surface area contributed by atoms with Crippen molar-refractivity contribution in [1.82, 2.24) is 4.72 Å². The molecule has 2 rings (SSSR count). The second kappa shape index (κ2) is 6.90. The number of nitrogens with zero attached hydrogens (tertiary/aromatic N) is 3. The van der Waals surface area contributed by atoms with E-state index in [1.807, 2.05) is 30.3 Å². The van der Waals surface area contributed by atoms with Gasteiger partial charge in [-0.25, -0.2) is 13.1 Å². The van der Waals surface area contributed by atoms with Gasteiger partial charge in [0.25, 0.3) is 0 Å². The predicted molar refractivity (Wildman–Crippen MR) is 79.8 cm³/mol. The Balaban J connectivity index is 2.07. The van der Waals surface area contributed by atoms with Crippen LogP contribution in [0.5, 0.6) is 0 Å². The third-order valence-corrected chi connectivity index (χ3v) is 4.28. The zero-order valence-corrected chi connectivity index (χ0v) is 12.0. The Labute approximate surface area is 123 Å². The summed E-state index contributed by atoms with van der Waals surface area (Å²) in [5.74, 6) is 0. The minimum Gasteiger partial charge on any atom is -0.207 e. The van der Waals surface area contributed by atoms with E-state index in [0.717, 1.165) is 11.1 Å². The summed E-state index contributed by atoms with van der Waals surface area (Å²) in [6.45, 7) is 0.442. The van der Waals surface area contributed by atoms with E-state index in [2.05, 4.69) is 14.7 Å². The van der Waals surface area contributed by atoms with Gasteiger partial charge in [-0.05, 0) is 28.8 Å². The summed E-state index contributed by atoms with van der Waals surface area (Å²) in [5, 5.41) is 3.43. The monoisotopic (exact) mass is 302 g/mol. The molecule has 0 aliphatic carbocycles. The van der Waals surface area contributed by atoms with Crippen LogP contribution in [0, 0.1) is 0 Å². The van der Waals surface area contributed by atoms with Gasteiger partial charge in [-0.15, -0.1) is 0 Å². The largest absolute Gasteiger partial charge is 0.240 e. The average molecular weight is 302 g/mol. The van der Waals surface area contributed by atoms with Crippen molar-refractivity contribution >= 4 is 10.0 Å². The van der Waals surface area contributed by atoms with E-state index in [9.17, 15) is 8.42 Å².